The first-order valence-electron chi connectivity index (χ1n) is 5.74. The summed E-state index contributed by atoms with van der Waals surface area (Å²) in [5.74, 6) is -0.302. The average molecular weight is 248 g/mol. The van der Waals surface area contributed by atoms with Crippen molar-refractivity contribution in [3.05, 3.63) is 35.8 Å². The third-order valence-electron chi connectivity index (χ3n) is 3.16. The lowest BCUT2D eigenvalue weighted by molar-refractivity contribution is -0.142. The molecule has 0 saturated carbocycles. The van der Waals surface area contributed by atoms with E-state index in [2.05, 4.69) is 0 Å². The van der Waals surface area contributed by atoms with E-state index in [1.165, 1.54) is 14.0 Å². The fraction of sp³-hybridized carbons (Fsp3) is 0.385. The molecule has 1 atom stereocenters. The number of likely N-dealkylation sites (N-methyl/N-ethyl adjacent to an activating group) is 1. The number of allylic oxidation sites excluding steroid dienone is 4. The lowest BCUT2D eigenvalue weighted by Gasteiger charge is -2.29. The Morgan fingerprint density at radius 3 is 2.72 bits per heavy atom. The van der Waals surface area contributed by atoms with Crippen molar-refractivity contribution in [2.45, 2.75) is 19.5 Å². The molecule has 5 nitrogen and oxygen atoms in total. The highest BCUT2D eigenvalue weighted by Gasteiger charge is 2.37. The van der Waals surface area contributed by atoms with E-state index in [0.29, 0.717) is 5.70 Å². The maximum atomic E-state index is 11.7. The van der Waals surface area contributed by atoms with Crippen LogP contribution in [-0.4, -0.2) is 41.9 Å². The number of hydrogen-bond acceptors (Lipinski definition) is 5. The van der Waals surface area contributed by atoms with Crippen LogP contribution in [0.15, 0.2) is 35.8 Å². The Balaban J connectivity index is 2.33. The molecule has 2 aliphatic rings. The fourth-order valence-corrected chi connectivity index (χ4v) is 2.33. The highest BCUT2D eigenvalue weighted by Crippen LogP contribution is 2.33. The predicted molar refractivity (Wildman–Crippen MR) is 66.0 cm³/mol. The molecule has 1 unspecified atom stereocenters. The smallest absolute Gasteiger partial charge is 0.309 e. The van der Waals surface area contributed by atoms with E-state index in [4.69, 9.17) is 4.74 Å². The van der Waals surface area contributed by atoms with Crippen molar-refractivity contribution < 1.29 is 14.3 Å². The Morgan fingerprint density at radius 1 is 1.39 bits per heavy atom. The monoisotopic (exact) mass is 248 g/mol. The van der Waals surface area contributed by atoms with E-state index in [1.54, 1.807) is 0 Å². The summed E-state index contributed by atoms with van der Waals surface area (Å²) in [4.78, 5) is 26.9. The number of hydrogen-bond donors (Lipinski definition) is 0. The molecule has 0 amide bonds. The molecule has 0 aromatic heterocycles. The summed E-state index contributed by atoms with van der Waals surface area (Å²) in [6, 6.07) is 0. The summed E-state index contributed by atoms with van der Waals surface area (Å²) in [6.07, 6.45) is 7.52. The largest absolute Gasteiger partial charge is 0.469 e. The summed E-state index contributed by atoms with van der Waals surface area (Å²) in [5, 5.41) is 0. The van der Waals surface area contributed by atoms with E-state index >= 15 is 0 Å². The van der Waals surface area contributed by atoms with Crippen LogP contribution in [0.3, 0.4) is 0 Å². The van der Waals surface area contributed by atoms with Crippen molar-refractivity contribution in [1.29, 1.82) is 0 Å². The summed E-state index contributed by atoms with van der Waals surface area (Å²) in [6.45, 7) is 1.53. The van der Waals surface area contributed by atoms with Crippen molar-refractivity contribution >= 4 is 11.8 Å². The number of methoxy groups -OCH3 is 1. The minimum Gasteiger partial charge on any atom is -0.469 e. The van der Waals surface area contributed by atoms with Crippen LogP contribution in [0, 0.1) is 0 Å². The number of carbonyl (C=O) groups excluding carboxylic acids is 2. The summed E-state index contributed by atoms with van der Waals surface area (Å²) in [5.41, 5.74) is 1.46. The highest BCUT2D eigenvalue weighted by atomic mass is 16.5. The molecule has 0 bridgehead atoms. The molecule has 0 fully saturated rings. The van der Waals surface area contributed by atoms with E-state index in [9.17, 15) is 9.59 Å². The van der Waals surface area contributed by atoms with Crippen LogP contribution in [0.2, 0.25) is 0 Å². The maximum Gasteiger partial charge on any atom is 0.309 e. The van der Waals surface area contributed by atoms with E-state index < -0.39 is 0 Å². The normalized spacial score (nSPS) is 21.4. The molecule has 5 heteroatoms. The molecule has 96 valence electrons. The lowest BCUT2D eigenvalue weighted by Crippen LogP contribution is -2.38. The average Bonchev–Trinajstić information content (AvgIpc) is 2.62. The summed E-state index contributed by atoms with van der Waals surface area (Å²) >= 11 is 0. The zero-order valence-electron chi connectivity index (χ0n) is 10.7. The third kappa shape index (κ3) is 1.92. The zero-order valence-corrected chi connectivity index (χ0v) is 10.7. The van der Waals surface area contributed by atoms with Gasteiger partial charge >= 0.3 is 5.97 Å². The number of nitrogens with zero attached hydrogens (tertiary/aromatic N) is 2. The fourth-order valence-electron chi connectivity index (χ4n) is 2.33. The summed E-state index contributed by atoms with van der Waals surface area (Å²) < 4.78 is 4.70. The second kappa shape index (κ2) is 4.68. The van der Waals surface area contributed by atoms with Gasteiger partial charge in [0.05, 0.1) is 19.2 Å². The Morgan fingerprint density at radius 2 is 2.11 bits per heavy atom. The highest BCUT2D eigenvalue weighted by molar-refractivity contribution is 5.94. The summed E-state index contributed by atoms with van der Waals surface area (Å²) in [7, 11) is 3.18. The third-order valence-corrected chi connectivity index (χ3v) is 3.16. The minimum absolute atomic E-state index is 0.00943. The molecule has 0 aromatic rings. The van der Waals surface area contributed by atoms with E-state index in [0.717, 1.165) is 5.70 Å². The number of ketones is 1. The van der Waals surface area contributed by atoms with Gasteiger partial charge in [-0.15, -0.1) is 0 Å². The predicted octanol–water partition coefficient (Wildman–Crippen LogP) is 1.01. The van der Waals surface area contributed by atoms with Crippen molar-refractivity contribution in [3.8, 4) is 0 Å². The van der Waals surface area contributed by atoms with Crippen LogP contribution in [0.25, 0.3) is 0 Å². The first kappa shape index (κ1) is 12.4. The molecular formula is C13H16N2O3. The van der Waals surface area contributed by atoms with Crippen LogP contribution >= 0.6 is 0 Å². The topological polar surface area (TPSA) is 49.9 Å². The van der Waals surface area contributed by atoms with Gasteiger partial charge in [-0.05, 0) is 12.2 Å². The number of rotatable bonds is 3. The van der Waals surface area contributed by atoms with Crippen LogP contribution in [-0.2, 0) is 14.3 Å². The molecule has 0 saturated heterocycles. The molecule has 2 heterocycles. The van der Waals surface area contributed by atoms with Gasteiger partial charge in [-0.2, -0.15) is 0 Å². The van der Waals surface area contributed by atoms with Crippen molar-refractivity contribution in [1.82, 2.24) is 9.80 Å². The van der Waals surface area contributed by atoms with Gasteiger partial charge in [0.1, 0.15) is 11.9 Å². The number of Topliss-reactive ketones (excluding diaryl/α,β-unsaturated/α-hetero) is 1. The van der Waals surface area contributed by atoms with Crippen LogP contribution < -0.4 is 0 Å². The van der Waals surface area contributed by atoms with Crippen molar-refractivity contribution in [2.75, 3.05) is 14.2 Å². The van der Waals surface area contributed by atoms with E-state index in [-0.39, 0.29) is 24.3 Å². The number of ether oxygens (including phenoxy) is 1. The second-order valence-corrected chi connectivity index (χ2v) is 4.27. The van der Waals surface area contributed by atoms with Crippen LogP contribution in [0.4, 0.5) is 0 Å². The molecule has 2 aliphatic heterocycles. The molecule has 0 radical (unpaired) electrons. The molecule has 0 N–H and O–H groups in total. The van der Waals surface area contributed by atoms with Gasteiger partial charge < -0.3 is 14.5 Å². The van der Waals surface area contributed by atoms with Gasteiger partial charge in [-0.1, -0.05) is 6.08 Å². The number of carbonyl (C=O) groups is 2. The first-order chi connectivity index (χ1) is 8.56. The molecule has 2 rings (SSSR count). The van der Waals surface area contributed by atoms with Crippen molar-refractivity contribution in [3.63, 3.8) is 0 Å². The van der Waals surface area contributed by atoms with Crippen molar-refractivity contribution in [2.24, 2.45) is 0 Å². The van der Waals surface area contributed by atoms with Gasteiger partial charge in [-0.3, -0.25) is 9.59 Å². The van der Waals surface area contributed by atoms with Crippen LogP contribution in [0.5, 0.6) is 0 Å². The lowest BCUT2D eigenvalue weighted by atomic mass is 10.2. The maximum absolute atomic E-state index is 11.7. The molecule has 0 spiro atoms. The Kier molecular flexibility index (Phi) is 3.23. The Labute approximate surface area is 106 Å². The SMILES string of the molecule is COC(=O)CC1N(C)C(C(C)=O)=C2C=CC=CN21. The van der Waals surface area contributed by atoms with Crippen LogP contribution in [0.1, 0.15) is 13.3 Å². The zero-order chi connectivity index (χ0) is 13.3. The standard InChI is InChI=1S/C13H16N2O3/c1-9(16)13-10-6-4-5-7-15(10)11(14(13)2)8-12(17)18-3/h4-7,11H,8H2,1-3H3. The molecule has 0 aliphatic carbocycles. The first-order valence-corrected chi connectivity index (χ1v) is 5.74. The van der Waals surface area contributed by atoms with Gasteiger partial charge in [0.2, 0.25) is 0 Å². The quantitative estimate of drug-likeness (QED) is 0.698. The van der Waals surface area contributed by atoms with Gasteiger partial charge in [0, 0.05) is 20.2 Å². The minimum atomic E-state index is -0.293. The van der Waals surface area contributed by atoms with E-state index in [1.807, 2.05) is 41.3 Å². The Bertz CT molecular complexity index is 477. The Hall–Kier alpha value is -2.04. The molecule has 0 aromatic carbocycles. The van der Waals surface area contributed by atoms with Gasteiger partial charge in [-0.25, -0.2) is 0 Å². The second-order valence-electron chi connectivity index (χ2n) is 4.27. The number of fused-ring (bicyclic) bond motifs is 1. The number of esters is 1. The molecular weight excluding hydrogens is 232 g/mol. The molecule has 18 heavy (non-hydrogen) atoms. The van der Waals surface area contributed by atoms with Gasteiger partial charge in [0.15, 0.2) is 5.78 Å². The van der Waals surface area contributed by atoms with Gasteiger partial charge in [0.25, 0.3) is 0 Å².